The van der Waals surface area contributed by atoms with Gasteiger partial charge in [0.25, 0.3) is 0 Å². The van der Waals surface area contributed by atoms with Gasteiger partial charge >= 0.3 is 0 Å². The van der Waals surface area contributed by atoms with Gasteiger partial charge < -0.3 is 5.32 Å². The fourth-order valence-electron chi connectivity index (χ4n) is 2.46. The molecule has 0 saturated heterocycles. The van der Waals surface area contributed by atoms with Gasteiger partial charge in [-0.3, -0.25) is 4.68 Å². The number of fused-ring (bicyclic) bond motifs is 1. The number of hydrogen-bond donors (Lipinski definition) is 1. The van der Waals surface area contributed by atoms with Crippen LogP contribution in [0.3, 0.4) is 0 Å². The molecule has 0 atom stereocenters. The Kier molecular flexibility index (Phi) is 3.74. The molecule has 1 aromatic carbocycles. The van der Waals surface area contributed by atoms with Crippen LogP contribution in [0.2, 0.25) is 0 Å². The summed E-state index contributed by atoms with van der Waals surface area (Å²) >= 11 is 0. The van der Waals surface area contributed by atoms with Crippen molar-refractivity contribution in [3.05, 3.63) is 48.2 Å². The van der Waals surface area contributed by atoms with E-state index in [1.165, 1.54) is 23.0 Å². The molecule has 10 heteroatoms. The van der Waals surface area contributed by atoms with Crippen LogP contribution in [-0.4, -0.2) is 34.7 Å². The third-order valence-corrected chi connectivity index (χ3v) is 3.71. The Balaban J connectivity index is 1.77. The van der Waals surface area contributed by atoms with Gasteiger partial charge in [-0.2, -0.15) is 20.0 Å². The van der Waals surface area contributed by atoms with E-state index in [9.17, 15) is 9.65 Å². The highest BCUT2D eigenvalue weighted by molar-refractivity contribution is 5.73. The van der Waals surface area contributed by atoms with E-state index in [2.05, 4.69) is 30.7 Å². The second-order valence-electron chi connectivity index (χ2n) is 5.39. The van der Waals surface area contributed by atoms with Gasteiger partial charge in [-0.05, 0) is 25.1 Å². The Hall–Kier alpha value is -3.87. The van der Waals surface area contributed by atoms with Crippen LogP contribution in [0, 0.1) is 17.1 Å². The molecule has 0 saturated carbocycles. The second-order valence-corrected chi connectivity index (χ2v) is 5.39. The molecule has 9 nitrogen and oxygen atoms in total. The molecule has 0 fully saturated rings. The van der Waals surface area contributed by atoms with Crippen molar-refractivity contribution in [1.82, 2.24) is 34.7 Å². The van der Waals surface area contributed by atoms with Gasteiger partial charge in [0.15, 0.2) is 11.2 Å². The SMILES string of the molecule is CCn1cc(Nc2ncc3nnn(-c4ccc(F)cc4C#N)c3n2)cn1. The fraction of sp³-hybridized carbons (Fsp3) is 0.125. The molecule has 0 aliphatic heterocycles. The minimum absolute atomic E-state index is 0.133. The van der Waals surface area contributed by atoms with E-state index >= 15 is 0 Å². The maximum atomic E-state index is 13.4. The summed E-state index contributed by atoms with van der Waals surface area (Å²) in [7, 11) is 0. The van der Waals surface area contributed by atoms with Crippen molar-refractivity contribution >= 4 is 22.8 Å². The molecular weight excluding hydrogens is 337 g/mol. The quantitative estimate of drug-likeness (QED) is 0.601. The summed E-state index contributed by atoms with van der Waals surface area (Å²) in [5.41, 5.74) is 2.11. The maximum absolute atomic E-state index is 13.4. The van der Waals surface area contributed by atoms with Gasteiger partial charge in [-0.15, -0.1) is 5.10 Å². The van der Waals surface area contributed by atoms with Crippen LogP contribution >= 0.6 is 0 Å². The van der Waals surface area contributed by atoms with E-state index < -0.39 is 5.82 Å². The van der Waals surface area contributed by atoms with Crippen molar-refractivity contribution in [2.75, 3.05) is 5.32 Å². The number of aromatic nitrogens is 7. The molecule has 3 heterocycles. The van der Waals surface area contributed by atoms with Gasteiger partial charge in [0.05, 0.1) is 29.3 Å². The van der Waals surface area contributed by atoms with Crippen LogP contribution in [0.4, 0.5) is 16.0 Å². The molecule has 128 valence electrons. The topological polar surface area (TPSA) is 110 Å². The first-order chi connectivity index (χ1) is 12.7. The van der Waals surface area contributed by atoms with Crippen molar-refractivity contribution in [3.8, 4) is 11.8 Å². The lowest BCUT2D eigenvalue weighted by atomic mass is 10.2. The Morgan fingerprint density at radius 3 is 2.96 bits per heavy atom. The third kappa shape index (κ3) is 2.71. The van der Waals surface area contributed by atoms with Crippen molar-refractivity contribution in [1.29, 1.82) is 5.26 Å². The van der Waals surface area contributed by atoms with Gasteiger partial charge in [-0.1, -0.05) is 5.21 Å². The van der Waals surface area contributed by atoms with E-state index in [-0.39, 0.29) is 5.56 Å². The largest absolute Gasteiger partial charge is 0.321 e. The lowest BCUT2D eigenvalue weighted by Crippen LogP contribution is -2.03. The molecule has 4 rings (SSSR count). The number of anilines is 2. The monoisotopic (exact) mass is 349 g/mol. The standard InChI is InChI=1S/C16H12FN9/c1-2-25-9-12(7-20-25)21-16-19-8-13-15(22-16)26(24-23-13)14-4-3-11(17)5-10(14)6-18/h3-5,7-9H,2H2,1H3,(H,19,21,22). The average Bonchev–Trinajstić information content (AvgIpc) is 3.28. The molecule has 0 aliphatic carbocycles. The molecule has 0 radical (unpaired) electrons. The predicted octanol–water partition coefficient (Wildman–Crippen LogP) is 2.18. The number of nitrogens with zero attached hydrogens (tertiary/aromatic N) is 8. The van der Waals surface area contributed by atoms with Crippen molar-refractivity contribution in [2.24, 2.45) is 0 Å². The first kappa shape index (κ1) is 15.6. The van der Waals surface area contributed by atoms with Crippen LogP contribution < -0.4 is 5.32 Å². The number of nitrogens with one attached hydrogen (secondary N) is 1. The van der Waals surface area contributed by atoms with Gasteiger partial charge in [0, 0.05) is 12.7 Å². The minimum Gasteiger partial charge on any atom is -0.321 e. The molecule has 26 heavy (non-hydrogen) atoms. The van der Waals surface area contributed by atoms with Crippen LogP contribution in [0.5, 0.6) is 0 Å². The summed E-state index contributed by atoms with van der Waals surface area (Å²) in [5, 5.41) is 24.5. The van der Waals surface area contributed by atoms with E-state index in [0.29, 0.717) is 22.8 Å². The molecule has 1 N–H and O–H groups in total. The van der Waals surface area contributed by atoms with Crippen LogP contribution in [0.15, 0.2) is 36.8 Å². The first-order valence-electron chi connectivity index (χ1n) is 7.76. The lowest BCUT2D eigenvalue weighted by molar-refractivity contribution is 0.626. The molecule has 0 spiro atoms. The normalized spacial score (nSPS) is 10.8. The van der Waals surface area contributed by atoms with Crippen molar-refractivity contribution < 1.29 is 4.39 Å². The highest BCUT2D eigenvalue weighted by Crippen LogP contribution is 2.20. The second kappa shape index (κ2) is 6.21. The van der Waals surface area contributed by atoms with Gasteiger partial charge in [0.2, 0.25) is 5.95 Å². The zero-order valence-corrected chi connectivity index (χ0v) is 13.6. The number of halogens is 1. The Morgan fingerprint density at radius 2 is 2.19 bits per heavy atom. The number of benzene rings is 1. The Morgan fingerprint density at radius 1 is 1.31 bits per heavy atom. The van der Waals surface area contributed by atoms with Crippen molar-refractivity contribution in [3.63, 3.8) is 0 Å². The average molecular weight is 349 g/mol. The smallest absolute Gasteiger partial charge is 0.229 e. The highest BCUT2D eigenvalue weighted by atomic mass is 19.1. The zero-order chi connectivity index (χ0) is 18.1. The Labute approximate surface area is 146 Å². The maximum Gasteiger partial charge on any atom is 0.229 e. The zero-order valence-electron chi connectivity index (χ0n) is 13.6. The summed E-state index contributed by atoms with van der Waals surface area (Å²) in [6.45, 7) is 2.73. The van der Waals surface area contributed by atoms with E-state index in [1.54, 1.807) is 10.9 Å². The number of aryl methyl sites for hydroxylation is 1. The minimum atomic E-state index is -0.500. The summed E-state index contributed by atoms with van der Waals surface area (Å²) in [6, 6.07) is 5.81. The predicted molar refractivity (Wildman–Crippen MR) is 90.3 cm³/mol. The molecule has 3 aromatic heterocycles. The number of hydrogen-bond acceptors (Lipinski definition) is 7. The van der Waals surface area contributed by atoms with Crippen LogP contribution in [0.25, 0.3) is 16.9 Å². The number of rotatable bonds is 4. The molecule has 0 bridgehead atoms. The summed E-state index contributed by atoms with van der Waals surface area (Å²) in [4.78, 5) is 8.62. The summed E-state index contributed by atoms with van der Waals surface area (Å²) in [5.74, 6) is -0.169. The molecule has 0 aliphatic rings. The molecule has 0 amide bonds. The van der Waals surface area contributed by atoms with E-state index in [0.717, 1.165) is 18.3 Å². The fourth-order valence-corrected chi connectivity index (χ4v) is 2.46. The molecular formula is C16H12FN9. The third-order valence-electron chi connectivity index (χ3n) is 3.71. The summed E-state index contributed by atoms with van der Waals surface area (Å²) in [6.07, 6.45) is 5.02. The van der Waals surface area contributed by atoms with E-state index in [4.69, 9.17) is 0 Å². The number of nitriles is 1. The van der Waals surface area contributed by atoms with Crippen LogP contribution in [0.1, 0.15) is 12.5 Å². The van der Waals surface area contributed by atoms with Crippen molar-refractivity contribution in [2.45, 2.75) is 13.5 Å². The van der Waals surface area contributed by atoms with E-state index in [1.807, 2.05) is 19.2 Å². The first-order valence-corrected chi connectivity index (χ1v) is 7.76. The molecule has 0 unspecified atom stereocenters. The van der Waals surface area contributed by atoms with Gasteiger partial charge in [-0.25, -0.2) is 9.37 Å². The lowest BCUT2D eigenvalue weighted by Gasteiger charge is -2.05. The Bertz CT molecular complexity index is 1140. The molecule has 4 aromatic rings. The highest BCUT2D eigenvalue weighted by Gasteiger charge is 2.14. The van der Waals surface area contributed by atoms with Gasteiger partial charge in [0.1, 0.15) is 11.9 Å². The van der Waals surface area contributed by atoms with Crippen LogP contribution in [-0.2, 0) is 6.54 Å². The summed E-state index contributed by atoms with van der Waals surface area (Å²) < 4.78 is 16.5.